The lowest BCUT2D eigenvalue weighted by molar-refractivity contribution is -0.132. The fourth-order valence-corrected chi connectivity index (χ4v) is 2.42. The number of nitrogens with one attached hydrogen (secondary N) is 1. The van der Waals surface area contributed by atoms with Crippen LogP contribution in [0.3, 0.4) is 0 Å². The molecule has 27 heavy (non-hydrogen) atoms. The minimum Gasteiger partial charge on any atom is -0.493 e. The fourth-order valence-electron chi connectivity index (χ4n) is 2.42. The van der Waals surface area contributed by atoms with E-state index in [2.05, 4.69) is 10.5 Å². The first-order chi connectivity index (χ1) is 13.1. The molecule has 8 nitrogen and oxygen atoms in total. The van der Waals surface area contributed by atoms with Crippen molar-refractivity contribution in [2.75, 3.05) is 20.3 Å². The van der Waals surface area contributed by atoms with Gasteiger partial charge in [0.25, 0.3) is 5.91 Å². The third-order valence-electron chi connectivity index (χ3n) is 3.63. The summed E-state index contributed by atoms with van der Waals surface area (Å²) in [5.74, 6) is 1.01. The van der Waals surface area contributed by atoms with Crippen molar-refractivity contribution in [3.05, 3.63) is 47.5 Å². The molecule has 0 unspecified atom stereocenters. The summed E-state index contributed by atoms with van der Waals surface area (Å²) in [6.45, 7) is 2.24. The van der Waals surface area contributed by atoms with E-state index in [1.807, 2.05) is 0 Å². The number of amides is 1. The average molecular weight is 370 g/mol. The maximum atomic E-state index is 12.2. The highest BCUT2D eigenvalue weighted by Gasteiger charge is 2.14. The zero-order valence-corrected chi connectivity index (χ0v) is 14.9. The summed E-state index contributed by atoms with van der Waals surface area (Å²) >= 11 is 0. The molecule has 1 N–H and O–H groups in total. The predicted molar refractivity (Wildman–Crippen MR) is 96.8 cm³/mol. The average Bonchev–Trinajstić information content (AvgIpc) is 2.68. The van der Waals surface area contributed by atoms with Crippen molar-refractivity contribution in [3.8, 4) is 23.0 Å². The van der Waals surface area contributed by atoms with E-state index < -0.39 is 5.97 Å². The Hall–Kier alpha value is -3.55. The van der Waals surface area contributed by atoms with E-state index >= 15 is 0 Å². The molecule has 1 amide bonds. The van der Waals surface area contributed by atoms with E-state index in [4.69, 9.17) is 18.9 Å². The third kappa shape index (κ3) is 4.55. The Kier molecular flexibility index (Phi) is 5.55. The molecule has 0 saturated heterocycles. The van der Waals surface area contributed by atoms with Crippen molar-refractivity contribution < 1.29 is 28.5 Å². The Balaban J connectivity index is 1.66. The van der Waals surface area contributed by atoms with Crippen molar-refractivity contribution in [2.45, 2.75) is 6.92 Å². The molecule has 0 bridgehead atoms. The largest absolute Gasteiger partial charge is 0.493 e. The van der Waals surface area contributed by atoms with Gasteiger partial charge >= 0.3 is 5.97 Å². The lowest BCUT2D eigenvalue weighted by atomic mass is 10.2. The maximum Gasteiger partial charge on any atom is 0.308 e. The van der Waals surface area contributed by atoms with Crippen LogP contribution in [0.1, 0.15) is 22.8 Å². The summed E-state index contributed by atoms with van der Waals surface area (Å²) in [6.07, 6.45) is 1.45. The molecular weight excluding hydrogens is 352 g/mol. The number of carbonyl (C=O) groups excluding carboxylic acids is 2. The summed E-state index contributed by atoms with van der Waals surface area (Å²) < 4.78 is 21.1. The summed E-state index contributed by atoms with van der Waals surface area (Å²) in [5, 5.41) is 3.94. The Labute approximate surface area is 155 Å². The number of hydrogen-bond acceptors (Lipinski definition) is 7. The molecule has 2 aromatic rings. The van der Waals surface area contributed by atoms with Crippen LogP contribution < -0.4 is 24.4 Å². The first kappa shape index (κ1) is 18.2. The highest BCUT2D eigenvalue weighted by Crippen LogP contribution is 2.30. The molecule has 0 aromatic heterocycles. The van der Waals surface area contributed by atoms with Crippen molar-refractivity contribution in [1.82, 2.24) is 5.43 Å². The van der Waals surface area contributed by atoms with Crippen LogP contribution >= 0.6 is 0 Å². The van der Waals surface area contributed by atoms with E-state index in [-0.39, 0.29) is 5.91 Å². The quantitative estimate of drug-likeness (QED) is 0.375. The van der Waals surface area contributed by atoms with Crippen LogP contribution in [0, 0.1) is 0 Å². The molecule has 3 rings (SSSR count). The van der Waals surface area contributed by atoms with Gasteiger partial charge in [-0.25, -0.2) is 5.43 Å². The van der Waals surface area contributed by atoms with Crippen LogP contribution in [0.4, 0.5) is 0 Å². The summed E-state index contributed by atoms with van der Waals surface area (Å²) in [7, 11) is 1.47. The Bertz CT molecular complexity index is 894. The normalized spacial score (nSPS) is 12.5. The van der Waals surface area contributed by atoms with Gasteiger partial charge in [0.05, 0.1) is 13.3 Å². The lowest BCUT2D eigenvalue weighted by Crippen LogP contribution is -2.19. The van der Waals surface area contributed by atoms with Gasteiger partial charge in [0.15, 0.2) is 23.0 Å². The number of benzene rings is 2. The molecule has 0 radical (unpaired) electrons. The number of hydrogen-bond donors (Lipinski definition) is 1. The van der Waals surface area contributed by atoms with Gasteiger partial charge in [-0.05, 0) is 42.0 Å². The number of fused-ring (bicyclic) bond motifs is 1. The van der Waals surface area contributed by atoms with Crippen LogP contribution in [0.25, 0.3) is 0 Å². The molecule has 1 heterocycles. The zero-order valence-electron chi connectivity index (χ0n) is 14.9. The molecule has 8 heteroatoms. The van der Waals surface area contributed by atoms with Crippen LogP contribution in [0.5, 0.6) is 23.0 Å². The van der Waals surface area contributed by atoms with Gasteiger partial charge < -0.3 is 18.9 Å². The zero-order chi connectivity index (χ0) is 19.2. The van der Waals surface area contributed by atoms with Crippen LogP contribution in [-0.4, -0.2) is 38.4 Å². The molecule has 0 fully saturated rings. The molecule has 2 aromatic carbocycles. The minimum absolute atomic E-state index is 0.308. The van der Waals surface area contributed by atoms with Gasteiger partial charge in [-0.15, -0.1) is 0 Å². The van der Waals surface area contributed by atoms with Crippen molar-refractivity contribution in [1.29, 1.82) is 0 Å². The molecule has 1 aliphatic rings. The van der Waals surface area contributed by atoms with E-state index in [9.17, 15) is 9.59 Å². The van der Waals surface area contributed by atoms with Crippen molar-refractivity contribution in [3.63, 3.8) is 0 Å². The minimum atomic E-state index is -0.443. The number of rotatable bonds is 5. The molecule has 0 spiro atoms. The van der Waals surface area contributed by atoms with E-state index in [0.717, 1.165) is 0 Å². The van der Waals surface area contributed by atoms with Gasteiger partial charge in [0.2, 0.25) is 0 Å². The number of esters is 1. The second-order valence-electron chi connectivity index (χ2n) is 5.56. The van der Waals surface area contributed by atoms with Crippen molar-refractivity contribution >= 4 is 18.1 Å². The summed E-state index contributed by atoms with van der Waals surface area (Å²) in [5.41, 5.74) is 3.51. The molecule has 1 aliphatic heterocycles. The van der Waals surface area contributed by atoms with Gasteiger partial charge in [-0.2, -0.15) is 5.10 Å². The Morgan fingerprint density at radius 3 is 2.59 bits per heavy atom. The standard InChI is InChI=1S/C19H18N2O6/c1-12(22)27-16-5-3-13(9-17(16)24-2)11-20-21-19(23)14-4-6-15-18(10-14)26-8-7-25-15/h3-6,9-11H,7-8H2,1-2H3,(H,21,23). The van der Waals surface area contributed by atoms with Crippen LogP contribution in [0.2, 0.25) is 0 Å². The molecular formula is C19H18N2O6. The lowest BCUT2D eigenvalue weighted by Gasteiger charge is -2.18. The van der Waals surface area contributed by atoms with Gasteiger partial charge in [-0.1, -0.05) is 0 Å². The number of hydrazone groups is 1. The van der Waals surface area contributed by atoms with Gasteiger partial charge in [0.1, 0.15) is 13.2 Å². The SMILES string of the molecule is COc1cc(C=NNC(=O)c2ccc3c(c2)OCCO3)ccc1OC(C)=O. The Morgan fingerprint density at radius 1 is 1.07 bits per heavy atom. The number of ether oxygens (including phenoxy) is 4. The number of carbonyl (C=O) groups is 2. The second-order valence-corrected chi connectivity index (χ2v) is 5.56. The van der Waals surface area contributed by atoms with E-state index in [1.165, 1.54) is 20.2 Å². The summed E-state index contributed by atoms with van der Waals surface area (Å²) in [4.78, 5) is 23.3. The number of methoxy groups -OCH3 is 1. The third-order valence-corrected chi connectivity index (χ3v) is 3.63. The van der Waals surface area contributed by atoms with Crippen molar-refractivity contribution in [2.24, 2.45) is 5.10 Å². The topological polar surface area (TPSA) is 95.5 Å². The monoisotopic (exact) mass is 370 g/mol. The van der Waals surface area contributed by atoms with E-state index in [0.29, 0.717) is 47.3 Å². The van der Waals surface area contributed by atoms with Gasteiger partial charge in [0, 0.05) is 12.5 Å². The maximum absolute atomic E-state index is 12.2. The van der Waals surface area contributed by atoms with E-state index in [1.54, 1.807) is 36.4 Å². The highest BCUT2D eigenvalue weighted by atomic mass is 16.6. The second kappa shape index (κ2) is 8.22. The molecule has 0 atom stereocenters. The van der Waals surface area contributed by atoms with Gasteiger partial charge in [-0.3, -0.25) is 9.59 Å². The fraction of sp³-hybridized carbons (Fsp3) is 0.211. The molecule has 0 saturated carbocycles. The smallest absolute Gasteiger partial charge is 0.308 e. The van der Waals surface area contributed by atoms with Crippen LogP contribution in [-0.2, 0) is 4.79 Å². The number of nitrogens with zero attached hydrogens (tertiary/aromatic N) is 1. The first-order valence-corrected chi connectivity index (χ1v) is 8.16. The molecule has 0 aliphatic carbocycles. The van der Waals surface area contributed by atoms with Crippen LogP contribution in [0.15, 0.2) is 41.5 Å². The first-order valence-electron chi connectivity index (χ1n) is 8.16. The highest BCUT2D eigenvalue weighted by molar-refractivity contribution is 5.95. The Morgan fingerprint density at radius 2 is 1.85 bits per heavy atom. The molecule has 140 valence electrons. The summed E-state index contributed by atoms with van der Waals surface area (Å²) in [6, 6.07) is 9.83. The predicted octanol–water partition coefficient (Wildman–Crippen LogP) is 2.16.